The van der Waals surface area contributed by atoms with E-state index in [1.54, 1.807) is 19.9 Å². The first-order valence-electron chi connectivity index (χ1n) is 3.67. The maximum atomic E-state index is 9.47. The Bertz CT molecular complexity index is 270. The van der Waals surface area contributed by atoms with Gasteiger partial charge in [0.1, 0.15) is 0 Å². The highest BCUT2D eigenvalue weighted by atomic mass is 35.5. The van der Waals surface area contributed by atoms with Crippen LogP contribution in [0.15, 0.2) is 12.3 Å². The fraction of sp³-hybridized carbons (Fsp3) is 0.500. The summed E-state index contributed by atoms with van der Waals surface area (Å²) in [6.07, 6.45) is 1.94. The summed E-state index contributed by atoms with van der Waals surface area (Å²) in [6.45, 7) is 3.41. The SMILES string of the molecule is CC(C)(O)Cc1nnccc1Cl. The first-order chi connectivity index (χ1) is 5.49. The summed E-state index contributed by atoms with van der Waals surface area (Å²) in [6, 6.07) is 1.66. The second-order valence-electron chi connectivity index (χ2n) is 3.32. The molecule has 1 rings (SSSR count). The Labute approximate surface area is 76.4 Å². The van der Waals surface area contributed by atoms with E-state index in [1.165, 1.54) is 6.20 Å². The number of aromatic nitrogens is 2. The molecule has 1 aromatic heterocycles. The largest absolute Gasteiger partial charge is 0.390 e. The lowest BCUT2D eigenvalue weighted by Crippen LogP contribution is -2.22. The van der Waals surface area contributed by atoms with Crippen molar-refractivity contribution in [3.8, 4) is 0 Å². The van der Waals surface area contributed by atoms with Crippen LogP contribution in [0.25, 0.3) is 0 Å². The van der Waals surface area contributed by atoms with Gasteiger partial charge in [0.05, 0.1) is 22.5 Å². The second kappa shape index (κ2) is 3.37. The molecule has 0 fully saturated rings. The highest BCUT2D eigenvalue weighted by molar-refractivity contribution is 6.31. The van der Waals surface area contributed by atoms with Crippen molar-refractivity contribution < 1.29 is 5.11 Å². The number of hydrogen-bond donors (Lipinski definition) is 1. The van der Waals surface area contributed by atoms with E-state index >= 15 is 0 Å². The molecular formula is C8H11ClN2O. The van der Waals surface area contributed by atoms with Crippen molar-refractivity contribution in [1.29, 1.82) is 0 Å². The number of halogens is 1. The average Bonchev–Trinajstić information content (AvgIpc) is 1.91. The van der Waals surface area contributed by atoms with Crippen molar-refractivity contribution in [3.63, 3.8) is 0 Å². The van der Waals surface area contributed by atoms with Crippen LogP contribution in [0.4, 0.5) is 0 Å². The normalized spacial score (nSPS) is 11.7. The van der Waals surface area contributed by atoms with E-state index in [9.17, 15) is 5.11 Å². The maximum Gasteiger partial charge on any atom is 0.0845 e. The molecule has 0 aromatic carbocycles. The molecule has 3 nitrogen and oxygen atoms in total. The third-order valence-corrected chi connectivity index (χ3v) is 1.69. The predicted molar refractivity (Wildman–Crippen MR) is 47.0 cm³/mol. The topological polar surface area (TPSA) is 46.0 Å². The number of nitrogens with zero attached hydrogens (tertiary/aromatic N) is 2. The van der Waals surface area contributed by atoms with Crippen molar-refractivity contribution >= 4 is 11.6 Å². The lowest BCUT2D eigenvalue weighted by molar-refractivity contribution is 0.0797. The molecule has 0 aliphatic rings. The average molecular weight is 187 g/mol. The number of aliphatic hydroxyl groups is 1. The van der Waals surface area contributed by atoms with Crippen LogP contribution in [0.3, 0.4) is 0 Å². The monoisotopic (exact) mass is 186 g/mol. The van der Waals surface area contributed by atoms with Crippen molar-refractivity contribution in [3.05, 3.63) is 23.0 Å². The van der Waals surface area contributed by atoms with Crippen LogP contribution in [0.5, 0.6) is 0 Å². The fourth-order valence-electron chi connectivity index (χ4n) is 0.875. The highest BCUT2D eigenvalue weighted by Crippen LogP contribution is 2.17. The van der Waals surface area contributed by atoms with Gasteiger partial charge < -0.3 is 5.11 Å². The Hall–Kier alpha value is -0.670. The summed E-state index contributed by atoms with van der Waals surface area (Å²) >= 11 is 5.82. The molecular weight excluding hydrogens is 176 g/mol. The van der Waals surface area contributed by atoms with Crippen LogP contribution < -0.4 is 0 Å². The minimum absolute atomic E-state index is 0.416. The first kappa shape index (κ1) is 9.42. The minimum Gasteiger partial charge on any atom is -0.390 e. The molecule has 0 radical (unpaired) electrons. The molecule has 1 heterocycles. The highest BCUT2D eigenvalue weighted by Gasteiger charge is 2.16. The molecule has 0 saturated carbocycles. The molecule has 1 aromatic rings. The van der Waals surface area contributed by atoms with Crippen molar-refractivity contribution in [1.82, 2.24) is 10.2 Å². The number of hydrogen-bond acceptors (Lipinski definition) is 3. The van der Waals surface area contributed by atoms with E-state index in [1.807, 2.05) is 0 Å². The molecule has 0 spiro atoms. The molecule has 0 saturated heterocycles. The van der Waals surface area contributed by atoms with Gasteiger partial charge in [-0.15, -0.1) is 0 Å². The molecule has 0 amide bonds. The van der Waals surface area contributed by atoms with E-state index in [2.05, 4.69) is 10.2 Å². The van der Waals surface area contributed by atoms with Crippen molar-refractivity contribution in [2.45, 2.75) is 25.9 Å². The second-order valence-corrected chi connectivity index (χ2v) is 3.72. The van der Waals surface area contributed by atoms with Crippen molar-refractivity contribution in [2.75, 3.05) is 0 Å². The Kier molecular flexibility index (Phi) is 2.65. The standard InChI is InChI=1S/C8H11ClN2O/c1-8(2,12)5-7-6(9)3-4-10-11-7/h3-4,12H,5H2,1-2H3. The van der Waals surface area contributed by atoms with E-state index in [0.29, 0.717) is 17.1 Å². The molecule has 0 aliphatic carbocycles. The summed E-state index contributed by atoms with van der Waals surface area (Å²) in [5.41, 5.74) is -0.161. The molecule has 0 bridgehead atoms. The van der Waals surface area contributed by atoms with Crippen LogP contribution in [-0.4, -0.2) is 20.9 Å². The van der Waals surface area contributed by atoms with Gasteiger partial charge in [0.15, 0.2) is 0 Å². The Balaban J connectivity index is 2.83. The zero-order valence-corrected chi connectivity index (χ0v) is 7.84. The van der Waals surface area contributed by atoms with Crippen LogP contribution in [0, 0.1) is 0 Å². The lowest BCUT2D eigenvalue weighted by Gasteiger charge is -2.16. The molecule has 4 heteroatoms. The van der Waals surface area contributed by atoms with E-state index < -0.39 is 5.60 Å². The Morgan fingerprint density at radius 1 is 1.58 bits per heavy atom. The third-order valence-electron chi connectivity index (χ3n) is 1.34. The summed E-state index contributed by atoms with van der Waals surface area (Å²) < 4.78 is 0. The molecule has 0 aliphatic heterocycles. The summed E-state index contributed by atoms with van der Waals surface area (Å²) in [7, 11) is 0. The number of rotatable bonds is 2. The predicted octanol–water partition coefficient (Wildman–Crippen LogP) is 1.44. The van der Waals surface area contributed by atoms with E-state index in [4.69, 9.17) is 11.6 Å². The summed E-state index contributed by atoms with van der Waals surface area (Å²) in [5, 5.41) is 17.5. The van der Waals surface area contributed by atoms with Crippen molar-refractivity contribution in [2.24, 2.45) is 0 Å². The van der Waals surface area contributed by atoms with Crippen LogP contribution >= 0.6 is 11.6 Å². The smallest absolute Gasteiger partial charge is 0.0845 e. The van der Waals surface area contributed by atoms with Gasteiger partial charge in [-0.2, -0.15) is 10.2 Å². The van der Waals surface area contributed by atoms with E-state index in [0.717, 1.165) is 0 Å². The molecule has 0 unspecified atom stereocenters. The molecule has 12 heavy (non-hydrogen) atoms. The van der Waals surface area contributed by atoms with E-state index in [-0.39, 0.29) is 0 Å². The maximum absolute atomic E-state index is 9.47. The van der Waals surface area contributed by atoms with Crippen LogP contribution in [-0.2, 0) is 6.42 Å². The minimum atomic E-state index is -0.792. The first-order valence-corrected chi connectivity index (χ1v) is 4.05. The zero-order valence-electron chi connectivity index (χ0n) is 7.08. The fourth-order valence-corrected chi connectivity index (χ4v) is 1.04. The Morgan fingerprint density at radius 3 is 2.75 bits per heavy atom. The van der Waals surface area contributed by atoms with Gasteiger partial charge >= 0.3 is 0 Å². The van der Waals surface area contributed by atoms with Crippen LogP contribution in [0.2, 0.25) is 5.02 Å². The van der Waals surface area contributed by atoms with Crippen LogP contribution in [0.1, 0.15) is 19.5 Å². The van der Waals surface area contributed by atoms with Gasteiger partial charge in [-0.1, -0.05) is 11.6 Å². The summed E-state index contributed by atoms with van der Waals surface area (Å²) in [5.74, 6) is 0. The molecule has 66 valence electrons. The zero-order chi connectivity index (χ0) is 9.19. The van der Waals surface area contributed by atoms with Gasteiger partial charge in [-0.05, 0) is 19.9 Å². The molecule has 1 N–H and O–H groups in total. The third kappa shape index (κ3) is 2.75. The quantitative estimate of drug-likeness (QED) is 0.761. The molecule has 0 atom stereocenters. The van der Waals surface area contributed by atoms with Gasteiger partial charge in [-0.25, -0.2) is 0 Å². The van der Waals surface area contributed by atoms with Gasteiger partial charge in [0.25, 0.3) is 0 Å². The van der Waals surface area contributed by atoms with Gasteiger partial charge in [-0.3, -0.25) is 0 Å². The van der Waals surface area contributed by atoms with Gasteiger partial charge in [0, 0.05) is 6.42 Å². The Morgan fingerprint density at radius 2 is 2.25 bits per heavy atom. The lowest BCUT2D eigenvalue weighted by atomic mass is 10.0. The van der Waals surface area contributed by atoms with Gasteiger partial charge in [0.2, 0.25) is 0 Å². The summed E-state index contributed by atoms with van der Waals surface area (Å²) in [4.78, 5) is 0.